The first-order valence-electron chi connectivity index (χ1n) is 9.68. The van der Waals surface area contributed by atoms with Crippen LogP contribution in [-0.4, -0.2) is 30.1 Å². The molecule has 2 aromatic carbocycles. The maximum atomic E-state index is 13.1. The number of ether oxygens (including phenoxy) is 2. The number of allylic oxidation sites excluding steroid dienone is 1. The summed E-state index contributed by atoms with van der Waals surface area (Å²) in [5.74, 6) is 1.51. The second-order valence-electron chi connectivity index (χ2n) is 7.13. The maximum Gasteiger partial charge on any atom is 0.255 e. The van der Waals surface area contributed by atoms with Crippen LogP contribution >= 0.6 is 23.4 Å². The van der Waals surface area contributed by atoms with Crippen LogP contribution in [0.4, 0.5) is 0 Å². The van der Waals surface area contributed by atoms with Crippen LogP contribution in [0.15, 0.2) is 69.8 Å². The van der Waals surface area contributed by atoms with Crippen molar-refractivity contribution in [2.45, 2.75) is 24.1 Å². The molecule has 0 unspecified atom stereocenters. The van der Waals surface area contributed by atoms with Gasteiger partial charge < -0.3 is 19.4 Å². The van der Waals surface area contributed by atoms with E-state index in [1.165, 1.54) is 0 Å². The highest BCUT2D eigenvalue weighted by atomic mass is 35.5. The van der Waals surface area contributed by atoms with Crippen molar-refractivity contribution in [3.8, 4) is 11.5 Å². The van der Waals surface area contributed by atoms with Gasteiger partial charge in [0.1, 0.15) is 12.7 Å². The summed E-state index contributed by atoms with van der Waals surface area (Å²) in [5, 5.41) is 4.75. The highest BCUT2D eigenvalue weighted by Crippen LogP contribution is 2.30. The van der Waals surface area contributed by atoms with E-state index in [9.17, 15) is 4.79 Å². The van der Waals surface area contributed by atoms with Crippen molar-refractivity contribution in [2.24, 2.45) is 0 Å². The molecule has 156 valence electrons. The molecule has 0 bridgehead atoms. The monoisotopic (exact) mass is 442 g/mol. The summed E-state index contributed by atoms with van der Waals surface area (Å²) in [6.45, 7) is 5.51. The molecule has 3 aromatic rings. The molecule has 1 aliphatic heterocycles. The Morgan fingerprint density at radius 1 is 1.27 bits per heavy atom. The number of nitrogens with one attached hydrogen (secondary N) is 1. The third kappa shape index (κ3) is 4.51. The normalized spacial score (nSPS) is 15.3. The Labute approximate surface area is 184 Å². The van der Waals surface area contributed by atoms with Gasteiger partial charge in [0.2, 0.25) is 0 Å². The zero-order valence-electron chi connectivity index (χ0n) is 16.7. The molecule has 7 heteroatoms. The van der Waals surface area contributed by atoms with Gasteiger partial charge in [-0.1, -0.05) is 36.4 Å². The minimum Gasteiger partial charge on any atom is -0.486 e. The molecule has 0 radical (unpaired) electrons. The van der Waals surface area contributed by atoms with E-state index in [0.717, 1.165) is 27.3 Å². The third-order valence-electron chi connectivity index (χ3n) is 4.96. The minimum atomic E-state index is -0.116. The fourth-order valence-corrected chi connectivity index (χ4v) is 4.08. The predicted octanol–water partition coefficient (Wildman–Crippen LogP) is 4.41. The maximum absolute atomic E-state index is 13.1. The molecule has 4 rings (SSSR count). The van der Waals surface area contributed by atoms with Crippen LogP contribution in [0.25, 0.3) is 10.9 Å². The number of para-hydroxylation sites is 2. The lowest BCUT2D eigenvalue weighted by atomic mass is 10.1. The molecule has 2 heterocycles. The van der Waals surface area contributed by atoms with Crippen molar-refractivity contribution in [1.82, 2.24) is 9.88 Å². The van der Waals surface area contributed by atoms with Crippen molar-refractivity contribution in [2.75, 3.05) is 19.4 Å². The number of fused-ring (bicyclic) bond motifs is 2. The van der Waals surface area contributed by atoms with Gasteiger partial charge in [-0.3, -0.25) is 4.79 Å². The first-order valence-corrected chi connectivity index (χ1v) is 11.3. The zero-order valence-corrected chi connectivity index (χ0v) is 18.3. The number of halogens is 1. The number of hydrogen-bond acceptors (Lipinski definition) is 5. The molecular formula is C23H23ClN2O3S. The second-order valence-corrected chi connectivity index (χ2v) is 8.55. The fourth-order valence-electron chi connectivity index (χ4n) is 3.53. The Balaban J connectivity index is 1.52. The van der Waals surface area contributed by atoms with Crippen LogP contribution in [0.1, 0.15) is 5.56 Å². The fraction of sp³-hybridized carbons (Fsp3) is 0.261. The number of aromatic nitrogens is 1. The van der Waals surface area contributed by atoms with Gasteiger partial charge >= 0.3 is 0 Å². The molecule has 5 nitrogen and oxygen atoms in total. The standard InChI is InChI=1S/C23H23ClN2O3S/c1-15(24)13-26-20-10-19(30-2)8-7-16(20)9-17(23(26)27)11-25-12-18-14-28-21-5-3-4-6-22(21)29-18/h3-10,18,25H,1,11-14H2,2H3/t18-/m0/s1. The van der Waals surface area contributed by atoms with E-state index in [1.807, 2.05) is 48.7 Å². The van der Waals surface area contributed by atoms with E-state index in [-0.39, 0.29) is 18.2 Å². The summed E-state index contributed by atoms with van der Waals surface area (Å²) in [5.41, 5.74) is 1.47. The molecule has 30 heavy (non-hydrogen) atoms. The largest absolute Gasteiger partial charge is 0.486 e. The van der Waals surface area contributed by atoms with Crippen LogP contribution in [0, 0.1) is 0 Å². The first kappa shape index (κ1) is 20.8. The van der Waals surface area contributed by atoms with Crippen LogP contribution < -0.4 is 20.3 Å². The van der Waals surface area contributed by atoms with E-state index < -0.39 is 0 Å². The van der Waals surface area contributed by atoms with Crippen LogP contribution in [0.2, 0.25) is 0 Å². The lowest BCUT2D eigenvalue weighted by Gasteiger charge is -2.26. The summed E-state index contributed by atoms with van der Waals surface area (Å²) in [4.78, 5) is 14.2. The Morgan fingerprint density at radius 3 is 2.83 bits per heavy atom. The molecule has 0 fully saturated rings. The number of pyridine rings is 1. The predicted molar refractivity (Wildman–Crippen MR) is 123 cm³/mol. The molecular weight excluding hydrogens is 420 g/mol. The van der Waals surface area contributed by atoms with Gasteiger partial charge in [-0.15, -0.1) is 11.8 Å². The number of benzene rings is 2. The molecule has 1 aromatic heterocycles. The van der Waals surface area contributed by atoms with Gasteiger partial charge in [-0.25, -0.2) is 0 Å². The van der Waals surface area contributed by atoms with Gasteiger partial charge in [-0.2, -0.15) is 0 Å². The Kier molecular flexibility index (Phi) is 6.37. The number of rotatable bonds is 7. The van der Waals surface area contributed by atoms with E-state index in [0.29, 0.717) is 30.3 Å². The number of hydrogen-bond donors (Lipinski definition) is 1. The molecule has 0 aliphatic carbocycles. The van der Waals surface area contributed by atoms with Crippen molar-refractivity contribution in [3.05, 3.63) is 76.1 Å². The average Bonchev–Trinajstić information content (AvgIpc) is 2.75. The quantitative estimate of drug-likeness (QED) is 0.549. The Bertz CT molecular complexity index is 1140. The molecule has 0 saturated carbocycles. The topological polar surface area (TPSA) is 52.5 Å². The second kappa shape index (κ2) is 9.16. The molecule has 0 spiro atoms. The van der Waals surface area contributed by atoms with Crippen molar-refractivity contribution in [1.29, 1.82) is 0 Å². The Hall–Kier alpha value is -2.41. The van der Waals surface area contributed by atoms with Crippen LogP contribution in [-0.2, 0) is 13.1 Å². The zero-order chi connectivity index (χ0) is 21.1. The number of thioether (sulfide) groups is 1. The van der Waals surface area contributed by atoms with Crippen molar-refractivity contribution in [3.63, 3.8) is 0 Å². The highest BCUT2D eigenvalue weighted by molar-refractivity contribution is 7.98. The van der Waals surface area contributed by atoms with Crippen molar-refractivity contribution >= 4 is 34.3 Å². The van der Waals surface area contributed by atoms with E-state index >= 15 is 0 Å². The van der Waals surface area contributed by atoms with E-state index in [2.05, 4.69) is 18.0 Å². The van der Waals surface area contributed by atoms with Gasteiger partial charge in [0.05, 0.1) is 12.1 Å². The lowest BCUT2D eigenvalue weighted by Crippen LogP contribution is -2.39. The molecule has 1 N–H and O–H groups in total. The molecule has 1 aliphatic rings. The average molecular weight is 443 g/mol. The summed E-state index contributed by atoms with van der Waals surface area (Å²) in [6, 6.07) is 15.7. The summed E-state index contributed by atoms with van der Waals surface area (Å²) >= 11 is 7.69. The van der Waals surface area contributed by atoms with E-state index in [4.69, 9.17) is 21.1 Å². The summed E-state index contributed by atoms with van der Waals surface area (Å²) < 4.78 is 13.4. The van der Waals surface area contributed by atoms with Crippen LogP contribution in [0.3, 0.4) is 0 Å². The summed E-state index contributed by atoms with van der Waals surface area (Å²) in [6.07, 6.45) is 1.90. The Morgan fingerprint density at radius 2 is 2.07 bits per heavy atom. The van der Waals surface area contributed by atoms with E-state index in [1.54, 1.807) is 16.3 Å². The van der Waals surface area contributed by atoms with Gasteiger partial charge in [0, 0.05) is 28.6 Å². The number of nitrogens with zero attached hydrogens (tertiary/aromatic N) is 1. The third-order valence-corrected chi connectivity index (χ3v) is 5.81. The van der Waals surface area contributed by atoms with Gasteiger partial charge in [-0.05, 0) is 42.0 Å². The van der Waals surface area contributed by atoms with Crippen LogP contribution in [0.5, 0.6) is 11.5 Å². The minimum absolute atomic E-state index is 0.0683. The molecule has 0 saturated heterocycles. The first-order chi connectivity index (χ1) is 14.5. The highest BCUT2D eigenvalue weighted by Gasteiger charge is 2.20. The SMILES string of the molecule is C=C(Cl)Cn1c(=O)c(CNC[C@H]2COc3ccccc3O2)cc2ccc(SC)cc21. The summed E-state index contributed by atoms with van der Waals surface area (Å²) in [7, 11) is 0. The molecule has 0 amide bonds. The van der Waals surface area contributed by atoms with Gasteiger partial charge in [0.15, 0.2) is 11.5 Å². The van der Waals surface area contributed by atoms with Gasteiger partial charge in [0.25, 0.3) is 5.56 Å². The smallest absolute Gasteiger partial charge is 0.255 e. The van der Waals surface area contributed by atoms with Crippen molar-refractivity contribution < 1.29 is 9.47 Å². The lowest BCUT2D eigenvalue weighted by molar-refractivity contribution is 0.0902. The molecule has 1 atom stereocenters.